The number of hydrogen-bond donors (Lipinski definition) is 1. The number of ether oxygens (including phenoxy) is 1. The van der Waals surface area contributed by atoms with E-state index in [1.54, 1.807) is 0 Å². The number of rotatable bonds is 8. The lowest BCUT2D eigenvalue weighted by atomic mass is 10.00. The van der Waals surface area contributed by atoms with Gasteiger partial charge in [-0.1, -0.05) is 81.4 Å². The van der Waals surface area contributed by atoms with E-state index in [2.05, 4.69) is 86.2 Å². The lowest BCUT2D eigenvalue weighted by Crippen LogP contribution is -2.68. The summed E-state index contributed by atoms with van der Waals surface area (Å²) >= 11 is 0. The van der Waals surface area contributed by atoms with Crippen molar-refractivity contribution >= 4 is 29.7 Å². The summed E-state index contributed by atoms with van der Waals surface area (Å²) in [7, 11) is -3.79. The predicted octanol–water partition coefficient (Wildman–Crippen LogP) is 3.63. The molecule has 31 heavy (non-hydrogen) atoms. The molecule has 1 heterocycles. The van der Waals surface area contributed by atoms with Crippen molar-refractivity contribution in [3.63, 3.8) is 0 Å². The van der Waals surface area contributed by atoms with Crippen molar-refractivity contribution in [1.29, 1.82) is 0 Å². The fraction of sp³-hybridized carbons (Fsp3) is 0.520. The van der Waals surface area contributed by atoms with E-state index in [0.29, 0.717) is 25.7 Å². The summed E-state index contributed by atoms with van der Waals surface area (Å²) in [5.74, 6) is 0.310. The maximum Gasteiger partial charge on any atom is 0.261 e. The van der Waals surface area contributed by atoms with E-state index >= 15 is 0 Å². The average molecular weight is 460 g/mol. The molecule has 0 aromatic heterocycles. The van der Waals surface area contributed by atoms with Crippen molar-refractivity contribution in [3.8, 4) is 0 Å². The maximum atomic E-state index is 12.9. The first-order valence-electron chi connectivity index (χ1n) is 11.1. The molecule has 2 aromatic carbocycles. The lowest BCUT2D eigenvalue weighted by molar-refractivity contribution is -0.0525. The Morgan fingerprint density at radius 3 is 1.81 bits per heavy atom. The molecule has 2 aromatic rings. The molecular weight excluding hydrogens is 422 g/mol. The van der Waals surface area contributed by atoms with Gasteiger partial charge in [-0.3, -0.25) is 0 Å². The van der Waals surface area contributed by atoms with Crippen LogP contribution in [-0.2, 0) is 20.1 Å². The van der Waals surface area contributed by atoms with Gasteiger partial charge in [0.15, 0.2) is 0 Å². The van der Waals surface area contributed by atoms with Crippen molar-refractivity contribution in [2.75, 3.05) is 19.8 Å². The zero-order chi connectivity index (χ0) is 22.7. The first kappa shape index (κ1) is 24.3. The van der Waals surface area contributed by atoms with E-state index in [9.17, 15) is 4.21 Å². The van der Waals surface area contributed by atoms with Crippen molar-refractivity contribution < 1.29 is 13.4 Å². The van der Waals surface area contributed by atoms with Crippen LogP contribution in [0.5, 0.6) is 0 Å². The second-order valence-corrected chi connectivity index (χ2v) is 16.7. The van der Waals surface area contributed by atoms with Crippen LogP contribution in [0.4, 0.5) is 0 Å². The Kier molecular flexibility index (Phi) is 7.59. The molecule has 6 heteroatoms. The van der Waals surface area contributed by atoms with Crippen LogP contribution in [-0.4, -0.2) is 43.1 Å². The van der Waals surface area contributed by atoms with Gasteiger partial charge in [-0.2, -0.15) is 0 Å². The molecule has 1 saturated heterocycles. The molecule has 1 fully saturated rings. The van der Waals surface area contributed by atoms with Crippen molar-refractivity contribution in [1.82, 2.24) is 4.72 Å². The molecule has 3 rings (SSSR count). The summed E-state index contributed by atoms with van der Waals surface area (Å²) in [5.41, 5.74) is 0. The van der Waals surface area contributed by atoms with Gasteiger partial charge in [0.1, 0.15) is 0 Å². The number of hydrogen-bond acceptors (Lipinski definition) is 3. The standard InChI is InChI=1S/C25H37NO3SSi/c1-24(2,3)30(27)26-23(20-17-28-18-20)19-29-31(25(4,5)6,21-13-9-7-10-14-21)22-15-11-8-12-16-22/h7-16,20,23,26H,17-19H2,1-6H3. The second-order valence-electron chi connectivity index (χ2n) is 10.4. The summed E-state index contributed by atoms with van der Waals surface area (Å²) in [5, 5.41) is 2.43. The molecule has 1 N–H and O–H groups in total. The van der Waals surface area contributed by atoms with Crippen LogP contribution in [0.2, 0.25) is 5.04 Å². The van der Waals surface area contributed by atoms with Crippen LogP contribution in [0.3, 0.4) is 0 Å². The smallest absolute Gasteiger partial charge is 0.261 e. The summed E-state index contributed by atoms with van der Waals surface area (Å²) < 4.78 is 28.5. The van der Waals surface area contributed by atoms with E-state index in [-0.39, 0.29) is 15.8 Å². The van der Waals surface area contributed by atoms with Crippen LogP contribution in [0, 0.1) is 5.92 Å². The monoisotopic (exact) mass is 459 g/mol. The van der Waals surface area contributed by atoms with E-state index < -0.39 is 19.3 Å². The highest BCUT2D eigenvalue weighted by atomic mass is 32.2. The van der Waals surface area contributed by atoms with Gasteiger partial charge < -0.3 is 9.16 Å². The van der Waals surface area contributed by atoms with Gasteiger partial charge >= 0.3 is 0 Å². The molecule has 0 aliphatic carbocycles. The van der Waals surface area contributed by atoms with Crippen molar-refractivity contribution in [2.24, 2.45) is 5.92 Å². The van der Waals surface area contributed by atoms with Crippen LogP contribution in [0.15, 0.2) is 60.7 Å². The zero-order valence-corrected chi connectivity index (χ0v) is 21.5. The van der Waals surface area contributed by atoms with E-state index in [1.165, 1.54) is 10.4 Å². The predicted molar refractivity (Wildman–Crippen MR) is 133 cm³/mol. The highest BCUT2D eigenvalue weighted by molar-refractivity contribution is 7.84. The molecule has 1 aliphatic heterocycles. The molecule has 2 unspecified atom stereocenters. The molecule has 0 radical (unpaired) electrons. The van der Waals surface area contributed by atoms with Gasteiger partial charge in [0.05, 0.1) is 35.6 Å². The first-order chi connectivity index (χ1) is 14.6. The topological polar surface area (TPSA) is 47.6 Å². The fourth-order valence-electron chi connectivity index (χ4n) is 4.04. The third-order valence-corrected chi connectivity index (χ3v) is 12.6. The molecule has 170 valence electrons. The molecule has 4 nitrogen and oxygen atoms in total. The van der Waals surface area contributed by atoms with Gasteiger partial charge in [-0.05, 0) is 36.2 Å². The first-order valence-corrected chi connectivity index (χ1v) is 14.1. The quantitative estimate of drug-likeness (QED) is 0.613. The average Bonchev–Trinajstić information content (AvgIpc) is 2.67. The van der Waals surface area contributed by atoms with Gasteiger partial charge in [0.2, 0.25) is 0 Å². The van der Waals surface area contributed by atoms with Crippen molar-refractivity contribution in [2.45, 2.75) is 57.4 Å². The van der Waals surface area contributed by atoms with Gasteiger partial charge in [0.25, 0.3) is 8.32 Å². The van der Waals surface area contributed by atoms with Crippen LogP contribution in [0.1, 0.15) is 41.5 Å². The van der Waals surface area contributed by atoms with Gasteiger partial charge in [-0.15, -0.1) is 0 Å². The Bertz CT molecular complexity index is 818. The summed E-state index contributed by atoms with van der Waals surface area (Å²) in [6.07, 6.45) is 0. The Hall–Kier alpha value is -1.31. The lowest BCUT2D eigenvalue weighted by Gasteiger charge is -2.45. The Morgan fingerprint density at radius 1 is 0.968 bits per heavy atom. The Labute approximate surface area is 191 Å². The second kappa shape index (κ2) is 9.67. The summed E-state index contributed by atoms with van der Waals surface area (Å²) in [6.45, 7) is 14.7. The normalized spacial score (nSPS) is 17.7. The SMILES string of the molecule is CC(C)(C)S(=O)NC(CO[Si](c1ccccc1)(c1ccccc1)C(C)(C)C)C1COC1. The Morgan fingerprint density at radius 2 is 1.45 bits per heavy atom. The third-order valence-electron chi connectivity index (χ3n) is 5.94. The van der Waals surface area contributed by atoms with Crippen LogP contribution >= 0.6 is 0 Å². The summed E-state index contributed by atoms with van der Waals surface area (Å²) in [4.78, 5) is 0. The van der Waals surface area contributed by atoms with E-state index in [4.69, 9.17) is 9.16 Å². The minimum atomic E-state index is -2.62. The maximum absolute atomic E-state index is 12.9. The van der Waals surface area contributed by atoms with Crippen LogP contribution < -0.4 is 15.1 Å². The highest BCUT2D eigenvalue weighted by Gasteiger charge is 2.50. The van der Waals surface area contributed by atoms with Crippen LogP contribution in [0.25, 0.3) is 0 Å². The fourth-order valence-corrected chi connectivity index (χ4v) is 9.52. The number of benzene rings is 2. The third kappa shape index (κ3) is 5.37. The number of nitrogens with one attached hydrogen (secondary N) is 1. The molecule has 0 amide bonds. The minimum Gasteiger partial charge on any atom is -0.406 e. The van der Waals surface area contributed by atoms with Crippen molar-refractivity contribution in [3.05, 3.63) is 60.7 Å². The molecule has 2 atom stereocenters. The summed E-state index contributed by atoms with van der Waals surface area (Å²) in [6, 6.07) is 21.3. The molecule has 0 spiro atoms. The van der Waals surface area contributed by atoms with Gasteiger partial charge in [0, 0.05) is 12.0 Å². The Balaban J connectivity index is 1.99. The van der Waals surface area contributed by atoms with E-state index in [1.807, 2.05) is 20.8 Å². The van der Waals surface area contributed by atoms with E-state index in [0.717, 1.165) is 0 Å². The minimum absolute atomic E-state index is 0.0181. The zero-order valence-electron chi connectivity index (χ0n) is 19.7. The molecule has 0 bridgehead atoms. The molecular formula is C25H37NO3SSi. The molecule has 1 aliphatic rings. The largest absolute Gasteiger partial charge is 0.406 e. The highest BCUT2D eigenvalue weighted by Crippen LogP contribution is 2.37. The molecule has 0 saturated carbocycles. The van der Waals surface area contributed by atoms with Gasteiger partial charge in [-0.25, -0.2) is 8.93 Å².